The molecule has 0 radical (unpaired) electrons. The summed E-state index contributed by atoms with van der Waals surface area (Å²) in [5.41, 5.74) is 0.937. The minimum absolute atomic E-state index is 0.0364. The molecule has 30 heavy (non-hydrogen) atoms. The molecule has 158 valence electrons. The number of aryl methyl sites for hydroxylation is 1. The second-order valence-electron chi connectivity index (χ2n) is 6.83. The molecule has 1 aliphatic heterocycles. The largest absolute Gasteiger partial charge is 0.441 e. The fourth-order valence-electron chi connectivity index (χ4n) is 3.28. The maximum absolute atomic E-state index is 12.7. The molecule has 1 amide bonds. The number of carbonyl (C=O) groups is 1. The van der Waals surface area contributed by atoms with E-state index in [-0.39, 0.29) is 29.6 Å². The third-order valence-corrected chi connectivity index (χ3v) is 8.50. The van der Waals surface area contributed by atoms with Crippen LogP contribution in [0.4, 0.5) is 0 Å². The van der Waals surface area contributed by atoms with Crippen molar-refractivity contribution < 1.29 is 17.6 Å². The Morgan fingerprint density at radius 3 is 2.50 bits per heavy atom. The minimum Gasteiger partial charge on any atom is -0.441 e. The number of aromatic nitrogens is 1. The van der Waals surface area contributed by atoms with Gasteiger partial charge in [0, 0.05) is 44.6 Å². The molecule has 0 bridgehead atoms. The summed E-state index contributed by atoms with van der Waals surface area (Å²) in [6, 6.07) is 12.7. The van der Waals surface area contributed by atoms with Gasteiger partial charge in [0.05, 0.1) is 10.5 Å². The molecule has 0 saturated carbocycles. The van der Waals surface area contributed by atoms with Crippen LogP contribution < -0.4 is 0 Å². The van der Waals surface area contributed by atoms with Gasteiger partial charge in [0.2, 0.25) is 5.91 Å². The van der Waals surface area contributed by atoms with Crippen LogP contribution in [0, 0.1) is 0 Å². The smallest absolute Gasteiger partial charge is 0.252 e. The van der Waals surface area contributed by atoms with Gasteiger partial charge < -0.3 is 9.32 Å². The molecule has 0 spiro atoms. The number of nitrogens with zero attached hydrogens (tertiary/aromatic N) is 3. The number of hydrogen-bond donors (Lipinski definition) is 0. The standard InChI is InChI=1S/C20H20ClN3O4S2/c21-17-6-9-20(29-17)30(26,27)24-12-10-23(11-13-24)19(25)8-7-18-22-14-16(28-18)15-4-2-1-3-5-15/h1-6,9,14H,7-8,10-13H2. The summed E-state index contributed by atoms with van der Waals surface area (Å²) in [6.07, 6.45) is 2.33. The average Bonchev–Trinajstić information content (AvgIpc) is 3.42. The zero-order valence-corrected chi connectivity index (χ0v) is 18.4. The molecule has 1 fully saturated rings. The number of rotatable bonds is 6. The molecule has 3 aromatic rings. The van der Waals surface area contributed by atoms with Gasteiger partial charge in [-0.1, -0.05) is 41.9 Å². The molecule has 3 heterocycles. The first-order chi connectivity index (χ1) is 14.4. The number of amides is 1. The van der Waals surface area contributed by atoms with Crippen LogP contribution in [0.25, 0.3) is 11.3 Å². The van der Waals surface area contributed by atoms with Crippen LogP contribution in [0.15, 0.2) is 57.3 Å². The van der Waals surface area contributed by atoms with Crippen LogP contribution in [0.3, 0.4) is 0 Å². The number of thiophene rings is 1. The number of benzene rings is 1. The summed E-state index contributed by atoms with van der Waals surface area (Å²) < 4.78 is 33.1. The maximum Gasteiger partial charge on any atom is 0.252 e. The van der Waals surface area contributed by atoms with E-state index >= 15 is 0 Å². The molecule has 1 aliphatic rings. The van der Waals surface area contributed by atoms with E-state index in [2.05, 4.69) is 4.98 Å². The summed E-state index contributed by atoms with van der Waals surface area (Å²) >= 11 is 6.90. The van der Waals surface area contributed by atoms with Gasteiger partial charge in [-0.3, -0.25) is 4.79 Å². The first-order valence-electron chi connectivity index (χ1n) is 9.47. The average molecular weight is 466 g/mol. The Hall–Kier alpha value is -2.20. The van der Waals surface area contributed by atoms with Crippen molar-refractivity contribution >= 4 is 38.9 Å². The van der Waals surface area contributed by atoms with Gasteiger partial charge in [-0.2, -0.15) is 4.31 Å². The van der Waals surface area contributed by atoms with Gasteiger partial charge in [-0.05, 0) is 12.1 Å². The highest BCUT2D eigenvalue weighted by atomic mass is 35.5. The number of halogens is 1. The van der Waals surface area contributed by atoms with Crippen molar-refractivity contribution in [2.45, 2.75) is 17.1 Å². The quantitative estimate of drug-likeness (QED) is 0.556. The second-order valence-corrected chi connectivity index (χ2v) is 10.7. The first-order valence-corrected chi connectivity index (χ1v) is 12.1. The molecular formula is C20H20ClN3O4S2. The SMILES string of the molecule is O=C(CCc1ncc(-c2ccccc2)o1)N1CCN(S(=O)(=O)c2ccc(Cl)s2)CC1. The van der Waals surface area contributed by atoms with Crippen molar-refractivity contribution in [3.63, 3.8) is 0 Å². The highest BCUT2D eigenvalue weighted by molar-refractivity contribution is 7.91. The summed E-state index contributed by atoms with van der Waals surface area (Å²) in [4.78, 5) is 18.5. The highest BCUT2D eigenvalue weighted by Gasteiger charge is 2.31. The maximum atomic E-state index is 12.7. The molecule has 7 nitrogen and oxygen atoms in total. The van der Waals surface area contributed by atoms with E-state index in [1.807, 2.05) is 30.3 Å². The monoisotopic (exact) mass is 465 g/mol. The van der Waals surface area contributed by atoms with Gasteiger partial charge in [0.15, 0.2) is 11.7 Å². The summed E-state index contributed by atoms with van der Waals surface area (Å²) in [7, 11) is -3.56. The molecule has 0 atom stereocenters. The minimum atomic E-state index is -3.56. The van der Waals surface area contributed by atoms with Crippen LogP contribution in [0.1, 0.15) is 12.3 Å². The number of hydrogen-bond acceptors (Lipinski definition) is 6. The summed E-state index contributed by atoms with van der Waals surface area (Å²) in [5.74, 6) is 1.15. The van der Waals surface area contributed by atoms with E-state index < -0.39 is 10.0 Å². The van der Waals surface area contributed by atoms with Crippen molar-refractivity contribution in [3.05, 3.63) is 58.9 Å². The Bertz CT molecular complexity index is 1120. The van der Waals surface area contributed by atoms with Crippen molar-refractivity contribution in [2.75, 3.05) is 26.2 Å². The fourth-order valence-corrected chi connectivity index (χ4v) is 6.33. The zero-order valence-electron chi connectivity index (χ0n) is 16.0. The Balaban J connectivity index is 1.29. The third-order valence-electron chi connectivity index (χ3n) is 4.90. The Morgan fingerprint density at radius 1 is 1.10 bits per heavy atom. The predicted octanol–water partition coefficient (Wildman–Crippen LogP) is 3.52. The van der Waals surface area contributed by atoms with Crippen LogP contribution in [0.5, 0.6) is 0 Å². The van der Waals surface area contributed by atoms with Gasteiger partial charge >= 0.3 is 0 Å². The van der Waals surface area contributed by atoms with Crippen LogP contribution in [0.2, 0.25) is 4.34 Å². The van der Waals surface area contributed by atoms with Gasteiger partial charge in [0.25, 0.3) is 10.0 Å². The van der Waals surface area contributed by atoms with Crippen LogP contribution >= 0.6 is 22.9 Å². The van der Waals surface area contributed by atoms with E-state index in [4.69, 9.17) is 16.0 Å². The molecule has 0 N–H and O–H groups in total. The number of oxazole rings is 1. The lowest BCUT2D eigenvalue weighted by Gasteiger charge is -2.33. The topological polar surface area (TPSA) is 83.7 Å². The van der Waals surface area contributed by atoms with Crippen LogP contribution in [-0.4, -0.2) is 54.7 Å². The Labute approximate surface area is 183 Å². The van der Waals surface area contributed by atoms with E-state index in [0.29, 0.717) is 35.5 Å². The molecule has 10 heteroatoms. The number of sulfonamides is 1. The van der Waals surface area contributed by atoms with Crippen molar-refractivity contribution in [1.29, 1.82) is 0 Å². The Morgan fingerprint density at radius 2 is 1.83 bits per heavy atom. The summed E-state index contributed by atoms with van der Waals surface area (Å²) in [5, 5.41) is 0. The first kappa shape index (κ1) is 21.0. The molecule has 0 aliphatic carbocycles. The van der Waals surface area contributed by atoms with E-state index in [9.17, 15) is 13.2 Å². The lowest BCUT2D eigenvalue weighted by atomic mass is 10.2. The van der Waals surface area contributed by atoms with E-state index in [0.717, 1.165) is 16.9 Å². The third kappa shape index (κ3) is 4.59. The van der Waals surface area contributed by atoms with Crippen LogP contribution in [-0.2, 0) is 21.2 Å². The van der Waals surface area contributed by atoms with Gasteiger partial charge in [-0.25, -0.2) is 13.4 Å². The van der Waals surface area contributed by atoms with Gasteiger partial charge in [-0.15, -0.1) is 11.3 Å². The lowest BCUT2D eigenvalue weighted by molar-refractivity contribution is -0.132. The molecule has 2 aromatic heterocycles. The molecular weight excluding hydrogens is 446 g/mol. The fraction of sp³-hybridized carbons (Fsp3) is 0.300. The molecule has 0 unspecified atom stereocenters. The molecule has 4 rings (SSSR count). The number of piperazine rings is 1. The summed E-state index contributed by atoms with van der Waals surface area (Å²) in [6.45, 7) is 1.25. The van der Waals surface area contributed by atoms with E-state index in [1.54, 1.807) is 17.2 Å². The van der Waals surface area contributed by atoms with Crippen molar-refractivity contribution in [1.82, 2.24) is 14.2 Å². The lowest BCUT2D eigenvalue weighted by Crippen LogP contribution is -2.50. The zero-order chi connectivity index (χ0) is 21.1. The normalized spacial score (nSPS) is 15.4. The highest BCUT2D eigenvalue weighted by Crippen LogP contribution is 2.28. The molecule has 1 saturated heterocycles. The van der Waals surface area contributed by atoms with Gasteiger partial charge in [0.1, 0.15) is 4.21 Å². The van der Waals surface area contributed by atoms with Crippen molar-refractivity contribution in [2.24, 2.45) is 0 Å². The van der Waals surface area contributed by atoms with E-state index in [1.165, 1.54) is 10.4 Å². The Kier molecular flexibility index (Phi) is 6.24. The van der Waals surface area contributed by atoms with Crippen molar-refractivity contribution in [3.8, 4) is 11.3 Å². The second kappa shape index (κ2) is 8.89. The predicted molar refractivity (Wildman–Crippen MR) is 115 cm³/mol. The number of carbonyl (C=O) groups excluding carboxylic acids is 1. The molecule has 1 aromatic carbocycles.